The molecule has 0 fully saturated rings. The number of hydrogen-bond donors (Lipinski definition) is 1. The highest BCUT2D eigenvalue weighted by atomic mass is 32.2. The summed E-state index contributed by atoms with van der Waals surface area (Å²) in [6.45, 7) is 1.92. The molecular formula is C10H10N2OS. The lowest BCUT2D eigenvalue weighted by molar-refractivity contribution is 0.270. The Kier molecular flexibility index (Phi) is 4.02. The molecule has 1 rings (SSSR count). The Morgan fingerprint density at radius 2 is 2.14 bits per heavy atom. The third kappa shape index (κ3) is 3.11. The van der Waals surface area contributed by atoms with Crippen molar-refractivity contribution in [3.63, 3.8) is 0 Å². The lowest BCUT2D eigenvalue weighted by Crippen LogP contribution is -2.04. The van der Waals surface area contributed by atoms with E-state index in [1.807, 2.05) is 13.0 Å². The summed E-state index contributed by atoms with van der Waals surface area (Å²) in [6.07, 6.45) is 0. The lowest BCUT2D eigenvalue weighted by atomic mass is 10.2. The maximum Gasteiger partial charge on any atom is 0.283 e. The Balaban J connectivity index is 2.61. The van der Waals surface area contributed by atoms with Gasteiger partial charge in [-0.15, -0.1) is 0 Å². The number of hydrogen-bond acceptors (Lipinski definition) is 3. The van der Waals surface area contributed by atoms with Gasteiger partial charge in [-0.3, -0.25) is 4.79 Å². The number of carbonyl (C=O) groups is 1. The van der Waals surface area contributed by atoms with E-state index in [9.17, 15) is 4.79 Å². The van der Waals surface area contributed by atoms with Gasteiger partial charge in [0.25, 0.3) is 5.24 Å². The van der Waals surface area contributed by atoms with E-state index in [2.05, 4.69) is 5.32 Å². The summed E-state index contributed by atoms with van der Waals surface area (Å²) in [5, 5.41) is 11.2. The van der Waals surface area contributed by atoms with E-state index in [1.54, 1.807) is 24.3 Å². The molecule has 0 bridgehead atoms. The third-order valence-corrected chi connectivity index (χ3v) is 2.19. The summed E-state index contributed by atoms with van der Waals surface area (Å²) in [4.78, 5) is 11.2. The molecule has 1 aromatic carbocycles. The van der Waals surface area contributed by atoms with Crippen LogP contribution in [0.3, 0.4) is 0 Å². The highest BCUT2D eigenvalue weighted by Gasteiger charge is 2.00. The minimum absolute atomic E-state index is 0.0720. The predicted octanol–water partition coefficient (Wildman–Crippen LogP) is 2.84. The summed E-state index contributed by atoms with van der Waals surface area (Å²) in [5.41, 5.74) is 1.31. The summed E-state index contributed by atoms with van der Waals surface area (Å²) in [7, 11) is 0. The molecule has 0 atom stereocenters. The van der Waals surface area contributed by atoms with Gasteiger partial charge in [-0.05, 0) is 30.0 Å². The van der Waals surface area contributed by atoms with E-state index in [1.165, 1.54) is 11.8 Å². The van der Waals surface area contributed by atoms with Crippen molar-refractivity contribution in [2.75, 3.05) is 11.1 Å². The van der Waals surface area contributed by atoms with Gasteiger partial charge >= 0.3 is 0 Å². The first-order chi connectivity index (χ1) is 6.76. The minimum atomic E-state index is -0.0720. The number of nitriles is 1. The number of benzene rings is 1. The van der Waals surface area contributed by atoms with Gasteiger partial charge in [-0.2, -0.15) is 5.26 Å². The van der Waals surface area contributed by atoms with Gasteiger partial charge in [0, 0.05) is 5.69 Å². The molecule has 4 heteroatoms. The van der Waals surface area contributed by atoms with Crippen molar-refractivity contribution >= 4 is 22.7 Å². The molecule has 72 valence electrons. The summed E-state index contributed by atoms with van der Waals surface area (Å²) in [6, 6.07) is 8.79. The third-order valence-electron chi connectivity index (χ3n) is 1.54. The molecule has 1 aromatic rings. The Bertz CT molecular complexity index is 353. The molecule has 14 heavy (non-hydrogen) atoms. The Labute approximate surface area is 87.1 Å². The molecular weight excluding hydrogens is 196 g/mol. The number of nitrogens with one attached hydrogen (secondary N) is 1. The van der Waals surface area contributed by atoms with Gasteiger partial charge in [-0.1, -0.05) is 18.7 Å². The standard InChI is InChI=1S/C10H10N2OS/c1-2-14-10(13)12-9-5-3-8(7-11)4-6-9/h3-6H,2H2,1H3,(H,12,13). The van der Waals surface area contributed by atoms with Crippen LogP contribution in [-0.4, -0.2) is 11.0 Å². The molecule has 0 radical (unpaired) electrons. The molecule has 0 aliphatic rings. The molecule has 1 N–H and O–H groups in total. The van der Waals surface area contributed by atoms with E-state index < -0.39 is 0 Å². The number of nitrogens with zero attached hydrogens (tertiary/aromatic N) is 1. The van der Waals surface area contributed by atoms with Gasteiger partial charge in [0.15, 0.2) is 0 Å². The smallest absolute Gasteiger partial charge is 0.283 e. The van der Waals surface area contributed by atoms with Crippen molar-refractivity contribution in [2.24, 2.45) is 0 Å². The molecule has 1 amide bonds. The topological polar surface area (TPSA) is 52.9 Å². The van der Waals surface area contributed by atoms with Crippen LogP contribution in [0.2, 0.25) is 0 Å². The maximum absolute atomic E-state index is 11.2. The van der Waals surface area contributed by atoms with Crippen LogP contribution < -0.4 is 5.32 Å². The maximum atomic E-state index is 11.2. The predicted molar refractivity (Wildman–Crippen MR) is 58.3 cm³/mol. The summed E-state index contributed by atoms with van der Waals surface area (Å²) >= 11 is 1.22. The minimum Gasteiger partial charge on any atom is -0.317 e. The molecule has 0 aliphatic heterocycles. The van der Waals surface area contributed by atoms with Gasteiger partial charge in [0.2, 0.25) is 0 Å². The van der Waals surface area contributed by atoms with E-state index in [0.717, 1.165) is 11.4 Å². The first kappa shape index (κ1) is 10.6. The summed E-state index contributed by atoms with van der Waals surface area (Å²) < 4.78 is 0. The van der Waals surface area contributed by atoms with Gasteiger partial charge in [0.05, 0.1) is 11.6 Å². The Hall–Kier alpha value is -1.47. The lowest BCUT2D eigenvalue weighted by Gasteiger charge is -2.02. The van der Waals surface area contributed by atoms with Crippen LogP contribution in [0, 0.1) is 11.3 Å². The molecule has 3 nitrogen and oxygen atoms in total. The van der Waals surface area contributed by atoms with Crippen molar-refractivity contribution in [3.05, 3.63) is 29.8 Å². The van der Waals surface area contributed by atoms with Crippen LogP contribution in [-0.2, 0) is 0 Å². The Morgan fingerprint density at radius 3 is 2.64 bits per heavy atom. The molecule has 0 aromatic heterocycles. The van der Waals surface area contributed by atoms with Crippen molar-refractivity contribution < 1.29 is 4.79 Å². The molecule has 0 saturated heterocycles. The number of anilines is 1. The van der Waals surface area contributed by atoms with Gasteiger partial charge in [-0.25, -0.2) is 0 Å². The van der Waals surface area contributed by atoms with Crippen LogP contribution in [0.1, 0.15) is 12.5 Å². The molecule has 0 heterocycles. The van der Waals surface area contributed by atoms with Gasteiger partial charge < -0.3 is 5.32 Å². The second-order valence-electron chi connectivity index (χ2n) is 2.53. The van der Waals surface area contributed by atoms with Crippen molar-refractivity contribution in [3.8, 4) is 6.07 Å². The highest BCUT2D eigenvalue weighted by Crippen LogP contribution is 2.12. The molecule has 0 aliphatic carbocycles. The second kappa shape index (κ2) is 5.30. The van der Waals surface area contributed by atoms with Crippen LogP contribution in [0.4, 0.5) is 10.5 Å². The molecule has 0 saturated carbocycles. The van der Waals surface area contributed by atoms with Crippen LogP contribution in [0.15, 0.2) is 24.3 Å². The fourth-order valence-electron chi connectivity index (χ4n) is 0.913. The Morgan fingerprint density at radius 1 is 1.50 bits per heavy atom. The van der Waals surface area contributed by atoms with Crippen molar-refractivity contribution in [2.45, 2.75) is 6.92 Å². The van der Waals surface area contributed by atoms with E-state index in [4.69, 9.17) is 5.26 Å². The molecule has 0 unspecified atom stereocenters. The average molecular weight is 206 g/mol. The first-order valence-corrected chi connectivity index (χ1v) is 5.18. The van der Waals surface area contributed by atoms with Crippen LogP contribution in [0.5, 0.6) is 0 Å². The first-order valence-electron chi connectivity index (χ1n) is 4.20. The SMILES string of the molecule is CCSC(=O)Nc1ccc(C#N)cc1. The van der Waals surface area contributed by atoms with E-state index in [0.29, 0.717) is 5.56 Å². The van der Waals surface area contributed by atoms with Crippen LogP contribution in [0.25, 0.3) is 0 Å². The second-order valence-corrected chi connectivity index (χ2v) is 3.77. The normalized spacial score (nSPS) is 9.14. The summed E-state index contributed by atoms with van der Waals surface area (Å²) in [5.74, 6) is 0.752. The van der Waals surface area contributed by atoms with Crippen molar-refractivity contribution in [1.82, 2.24) is 0 Å². The molecule has 0 spiro atoms. The van der Waals surface area contributed by atoms with E-state index >= 15 is 0 Å². The fraction of sp³-hybridized carbons (Fsp3) is 0.200. The number of thioether (sulfide) groups is 1. The quantitative estimate of drug-likeness (QED) is 0.809. The van der Waals surface area contributed by atoms with Crippen molar-refractivity contribution in [1.29, 1.82) is 5.26 Å². The van der Waals surface area contributed by atoms with Gasteiger partial charge in [0.1, 0.15) is 0 Å². The largest absolute Gasteiger partial charge is 0.317 e. The monoisotopic (exact) mass is 206 g/mol. The fourth-order valence-corrected chi connectivity index (χ4v) is 1.37. The average Bonchev–Trinajstić information content (AvgIpc) is 2.19. The van der Waals surface area contributed by atoms with E-state index in [-0.39, 0.29) is 5.24 Å². The highest BCUT2D eigenvalue weighted by molar-refractivity contribution is 8.13. The zero-order valence-corrected chi connectivity index (χ0v) is 8.60. The zero-order valence-electron chi connectivity index (χ0n) is 7.78. The van der Waals surface area contributed by atoms with Crippen LogP contribution >= 0.6 is 11.8 Å². The zero-order chi connectivity index (χ0) is 10.4. The number of carbonyl (C=O) groups excluding carboxylic acids is 1. The number of rotatable bonds is 2. The number of amides is 1.